The van der Waals surface area contributed by atoms with Gasteiger partial charge in [-0.2, -0.15) is 18.3 Å². The zero-order valence-corrected chi connectivity index (χ0v) is 14.4. The SMILES string of the molecule is Cc1cn(N=Cc2ccccc2OCc2cccc(C(F)(F)F)c2)c(N)n1. The highest BCUT2D eigenvalue weighted by Gasteiger charge is 2.30. The van der Waals surface area contributed by atoms with Crippen LogP contribution in [-0.2, 0) is 12.8 Å². The number of alkyl halides is 3. The number of hydrogen-bond acceptors (Lipinski definition) is 4. The first-order chi connectivity index (χ1) is 12.8. The molecular formula is C19H17F3N4O. The molecule has 27 heavy (non-hydrogen) atoms. The summed E-state index contributed by atoms with van der Waals surface area (Å²) in [5, 5.41) is 4.23. The third kappa shape index (κ3) is 4.66. The molecule has 0 aliphatic carbocycles. The Morgan fingerprint density at radius 3 is 2.67 bits per heavy atom. The number of anilines is 1. The summed E-state index contributed by atoms with van der Waals surface area (Å²) in [6, 6.07) is 12.1. The molecule has 0 aliphatic heterocycles. The van der Waals surface area contributed by atoms with Crippen LogP contribution < -0.4 is 10.5 Å². The molecule has 0 bridgehead atoms. The van der Waals surface area contributed by atoms with Crippen molar-refractivity contribution in [3.05, 3.63) is 77.1 Å². The monoisotopic (exact) mass is 374 g/mol. The van der Waals surface area contributed by atoms with E-state index in [1.807, 2.05) is 0 Å². The molecule has 2 aromatic carbocycles. The van der Waals surface area contributed by atoms with Crippen molar-refractivity contribution in [3.8, 4) is 5.75 Å². The van der Waals surface area contributed by atoms with Crippen LogP contribution in [0.2, 0.25) is 0 Å². The van der Waals surface area contributed by atoms with Crippen molar-refractivity contribution >= 4 is 12.2 Å². The Morgan fingerprint density at radius 1 is 1.19 bits per heavy atom. The molecule has 140 valence electrons. The molecule has 3 rings (SSSR count). The van der Waals surface area contributed by atoms with E-state index in [2.05, 4.69) is 10.1 Å². The second kappa shape index (κ2) is 7.53. The number of nitrogens with zero attached hydrogens (tertiary/aromatic N) is 3. The van der Waals surface area contributed by atoms with Crippen LogP contribution in [0.3, 0.4) is 0 Å². The summed E-state index contributed by atoms with van der Waals surface area (Å²) in [4.78, 5) is 4.05. The van der Waals surface area contributed by atoms with Crippen molar-refractivity contribution in [2.24, 2.45) is 5.10 Å². The molecule has 0 aliphatic rings. The second-order valence-corrected chi connectivity index (χ2v) is 5.85. The van der Waals surface area contributed by atoms with E-state index in [9.17, 15) is 13.2 Å². The maximum atomic E-state index is 12.8. The second-order valence-electron chi connectivity index (χ2n) is 5.85. The summed E-state index contributed by atoms with van der Waals surface area (Å²) in [6.07, 6.45) is -1.15. The standard InChI is InChI=1S/C19H17F3N4O/c1-13-11-26(18(23)25-13)24-10-15-6-2-3-8-17(15)27-12-14-5-4-7-16(9-14)19(20,21)22/h2-11H,12H2,1H3,(H2,23,25). The van der Waals surface area contributed by atoms with Crippen LogP contribution in [0.15, 0.2) is 59.8 Å². The largest absolute Gasteiger partial charge is 0.488 e. The molecule has 1 aromatic heterocycles. The number of para-hydroxylation sites is 1. The number of benzene rings is 2. The van der Waals surface area contributed by atoms with Gasteiger partial charge in [-0.15, -0.1) is 0 Å². The van der Waals surface area contributed by atoms with Gasteiger partial charge < -0.3 is 10.5 Å². The Labute approximate surface area is 153 Å². The first kappa shape index (κ1) is 18.5. The Bertz CT molecular complexity index is 964. The van der Waals surface area contributed by atoms with Crippen LogP contribution in [0.25, 0.3) is 0 Å². The highest BCUT2D eigenvalue weighted by molar-refractivity contribution is 5.83. The summed E-state index contributed by atoms with van der Waals surface area (Å²) >= 11 is 0. The van der Waals surface area contributed by atoms with Crippen LogP contribution in [0.5, 0.6) is 5.75 Å². The molecule has 5 nitrogen and oxygen atoms in total. The van der Waals surface area contributed by atoms with Gasteiger partial charge in [-0.05, 0) is 36.8 Å². The summed E-state index contributed by atoms with van der Waals surface area (Å²) in [6.45, 7) is 1.80. The molecule has 1 heterocycles. The van der Waals surface area contributed by atoms with Gasteiger partial charge in [0.15, 0.2) is 0 Å². The smallest absolute Gasteiger partial charge is 0.416 e. The first-order valence-corrected chi connectivity index (χ1v) is 8.07. The summed E-state index contributed by atoms with van der Waals surface area (Å²) in [5.74, 6) is 0.750. The fourth-order valence-electron chi connectivity index (χ4n) is 2.44. The average Bonchev–Trinajstić information content (AvgIpc) is 2.95. The lowest BCUT2D eigenvalue weighted by Crippen LogP contribution is -2.06. The predicted molar refractivity (Wildman–Crippen MR) is 96.6 cm³/mol. The molecular weight excluding hydrogens is 357 g/mol. The van der Waals surface area contributed by atoms with E-state index < -0.39 is 11.7 Å². The fraction of sp³-hybridized carbons (Fsp3) is 0.158. The maximum Gasteiger partial charge on any atom is 0.416 e. The van der Waals surface area contributed by atoms with Crippen LogP contribution in [-0.4, -0.2) is 15.9 Å². The van der Waals surface area contributed by atoms with Gasteiger partial charge in [-0.3, -0.25) is 0 Å². The molecule has 0 atom stereocenters. The Hall–Kier alpha value is -3.29. The predicted octanol–water partition coefficient (Wildman–Crippen LogP) is 4.25. The molecule has 0 unspecified atom stereocenters. The van der Waals surface area contributed by atoms with Crippen molar-refractivity contribution in [3.63, 3.8) is 0 Å². The van der Waals surface area contributed by atoms with Gasteiger partial charge in [-0.1, -0.05) is 24.3 Å². The first-order valence-electron chi connectivity index (χ1n) is 8.07. The molecule has 8 heteroatoms. The van der Waals surface area contributed by atoms with Crippen LogP contribution in [0, 0.1) is 6.92 Å². The van der Waals surface area contributed by atoms with Crippen molar-refractivity contribution in [2.75, 3.05) is 5.73 Å². The molecule has 0 radical (unpaired) electrons. The number of hydrogen-bond donors (Lipinski definition) is 1. The van der Waals surface area contributed by atoms with E-state index >= 15 is 0 Å². The Balaban J connectivity index is 1.76. The number of aromatic nitrogens is 2. The van der Waals surface area contributed by atoms with Crippen molar-refractivity contribution < 1.29 is 17.9 Å². The fourth-order valence-corrected chi connectivity index (χ4v) is 2.44. The topological polar surface area (TPSA) is 65.4 Å². The van der Waals surface area contributed by atoms with Crippen molar-refractivity contribution in [1.29, 1.82) is 0 Å². The lowest BCUT2D eigenvalue weighted by molar-refractivity contribution is -0.137. The van der Waals surface area contributed by atoms with Gasteiger partial charge in [-0.25, -0.2) is 9.66 Å². The van der Waals surface area contributed by atoms with Crippen LogP contribution in [0.1, 0.15) is 22.4 Å². The van der Waals surface area contributed by atoms with E-state index in [-0.39, 0.29) is 12.6 Å². The summed E-state index contributed by atoms with van der Waals surface area (Å²) in [7, 11) is 0. The highest BCUT2D eigenvalue weighted by Crippen LogP contribution is 2.30. The molecule has 0 fully saturated rings. The Morgan fingerprint density at radius 2 is 1.96 bits per heavy atom. The minimum Gasteiger partial charge on any atom is -0.488 e. The number of nitrogen functional groups attached to an aromatic ring is 1. The van der Waals surface area contributed by atoms with Gasteiger partial charge in [0.2, 0.25) is 5.95 Å². The van der Waals surface area contributed by atoms with E-state index in [4.69, 9.17) is 10.5 Å². The number of nitrogens with two attached hydrogens (primary N) is 1. The minimum atomic E-state index is -4.39. The maximum absolute atomic E-state index is 12.8. The molecule has 2 N–H and O–H groups in total. The molecule has 0 amide bonds. The van der Waals surface area contributed by atoms with E-state index in [1.165, 1.54) is 10.7 Å². The minimum absolute atomic E-state index is 0.00109. The highest BCUT2D eigenvalue weighted by atomic mass is 19.4. The van der Waals surface area contributed by atoms with Crippen molar-refractivity contribution in [1.82, 2.24) is 9.66 Å². The van der Waals surface area contributed by atoms with E-state index in [0.29, 0.717) is 16.9 Å². The lowest BCUT2D eigenvalue weighted by Gasteiger charge is -2.11. The van der Waals surface area contributed by atoms with E-state index in [0.717, 1.165) is 17.8 Å². The average molecular weight is 374 g/mol. The normalized spacial score (nSPS) is 11.9. The third-order valence-corrected chi connectivity index (χ3v) is 3.72. The number of aryl methyl sites for hydroxylation is 1. The van der Waals surface area contributed by atoms with Gasteiger partial charge >= 0.3 is 6.18 Å². The summed E-state index contributed by atoms with van der Waals surface area (Å²) < 4.78 is 45.6. The Kier molecular flexibility index (Phi) is 5.16. The third-order valence-electron chi connectivity index (χ3n) is 3.72. The molecule has 0 spiro atoms. The number of rotatable bonds is 5. The lowest BCUT2D eigenvalue weighted by atomic mass is 10.1. The van der Waals surface area contributed by atoms with Gasteiger partial charge in [0.1, 0.15) is 12.4 Å². The molecule has 0 saturated heterocycles. The number of imidazole rings is 1. The quantitative estimate of drug-likeness (QED) is 0.679. The zero-order chi connectivity index (χ0) is 19.4. The molecule has 3 aromatic rings. The zero-order valence-electron chi connectivity index (χ0n) is 14.4. The van der Waals surface area contributed by atoms with Gasteiger partial charge in [0.25, 0.3) is 0 Å². The van der Waals surface area contributed by atoms with Crippen LogP contribution in [0.4, 0.5) is 19.1 Å². The number of halogens is 3. The van der Waals surface area contributed by atoms with Gasteiger partial charge in [0.05, 0.1) is 23.7 Å². The summed E-state index contributed by atoms with van der Waals surface area (Å²) in [5.41, 5.74) is 6.86. The van der Waals surface area contributed by atoms with Gasteiger partial charge in [0, 0.05) is 5.56 Å². The van der Waals surface area contributed by atoms with Crippen molar-refractivity contribution in [2.45, 2.75) is 19.7 Å². The van der Waals surface area contributed by atoms with E-state index in [1.54, 1.807) is 49.7 Å². The van der Waals surface area contributed by atoms with Crippen LogP contribution >= 0.6 is 0 Å². The molecule has 0 saturated carbocycles. The number of ether oxygens (including phenoxy) is 1.